The Morgan fingerprint density at radius 1 is 1.30 bits per heavy atom. The Kier molecular flexibility index (Phi) is 7.25. The highest BCUT2D eigenvalue weighted by atomic mass is 35.5. The minimum atomic E-state index is -4.37. The predicted molar refractivity (Wildman–Crippen MR) is 116 cm³/mol. The van der Waals surface area contributed by atoms with E-state index in [1.54, 1.807) is 7.11 Å². The Morgan fingerprint density at radius 3 is 2.70 bits per heavy atom. The monoisotopic (exact) mass is 507 g/mol. The first kappa shape index (κ1) is 24.7. The molecule has 4 rings (SSSR count). The first-order chi connectivity index (χ1) is 15.6. The molecule has 0 bridgehead atoms. The SMILES string of the molecule is COCC1(Nc2nc(Cl)nc3c2ncn3[C@@H]2O[C@H](COCP(=O)(O)O)[C@@H](O)[C@H]2O)CCCC1. The fraction of sp³-hybridized carbons (Fsp3) is 0.722. The van der Waals surface area contributed by atoms with Crippen LogP contribution in [0.3, 0.4) is 0 Å². The zero-order chi connectivity index (χ0) is 23.8. The topological polar surface area (TPSA) is 181 Å². The van der Waals surface area contributed by atoms with Crippen molar-refractivity contribution in [1.29, 1.82) is 0 Å². The van der Waals surface area contributed by atoms with E-state index in [4.69, 9.17) is 35.6 Å². The maximum Gasteiger partial charge on any atom is 0.350 e. The lowest BCUT2D eigenvalue weighted by molar-refractivity contribution is -0.0612. The molecule has 2 aromatic rings. The number of fused-ring (bicyclic) bond motifs is 1. The van der Waals surface area contributed by atoms with Gasteiger partial charge in [0, 0.05) is 7.11 Å². The highest BCUT2D eigenvalue weighted by Crippen LogP contribution is 2.38. The van der Waals surface area contributed by atoms with Gasteiger partial charge >= 0.3 is 7.60 Å². The minimum Gasteiger partial charge on any atom is -0.387 e. The van der Waals surface area contributed by atoms with Crippen molar-refractivity contribution in [2.75, 3.05) is 32.0 Å². The standard InChI is InChI=1S/C18H27ClN5O8P/c1-30-7-18(4-2-3-5-18)23-14-11-15(22-17(19)21-14)24(8-20-11)16-13(26)12(25)10(32-16)6-31-9-33(27,28)29/h8,10,12-13,16,25-26H,2-7,9H2,1H3,(H,21,22,23)(H2,27,28,29)/t10-,12-,13-,16-/m1/s1. The summed E-state index contributed by atoms with van der Waals surface area (Å²) in [6.45, 7) is 0.165. The normalized spacial score (nSPS) is 27.5. The van der Waals surface area contributed by atoms with Crippen molar-refractivity contribution >= 4 is 36.2 Å². The van der Waals surface area contributed by atoms with Gasteiger partial charge in [0.2, 0.25) is 5.28 Å². The summed E-state index contributed by atoms with van der Waals surface area (Å²) < 4.78 is 28.5. The molecule has 1 aliphatic carbocycles. The summed E-state index contributed by atoms with van der Waals surface area (Å²) in [5.74, 6) is 0.428. The molecule has 2 aromatic heterocycles. The summed E-state index contributed by atoms with van der Waals surface area (Å²) in [6, 6.07) is 0. The maximum absolute atomic E-state index is 11.0. The van der Waals surface area contributed by atoms with E-state index in [0.717, 1.165) is 25.7 Å². The van der Waals surface area contributed by atoms with Gasteiger partial charge in [-0.1, -0.05) is 12.8 Å². The second kappa shape index (κ2) is 9.68. The molecule has 0 amide bonds. The number of nitrogens with one attached hydrogen (secondary N) is 1. The van der Waals surface area contributed by atoms with Crippen molar-refractivity contribution in [1.82, 2.24) is 19.5 Å². The first-order valence-electron chi connectivity index (χ1n) is 10.4. The number of hydrogen-bond donors (Lipinski definition) is 5. The molecule has 0 spiro atoms. The second-order valence-corrected chi connectivity index (χ2v) is 10.3. The quantitative estimate of drug-likeness (QED) is 0.236. The van der Waals surface area contributed by atoms with E-state index in [0.29, 0.717) is 17.9 Å². The van der Waals surface area contributed by atoms with Gasteiger partial charge in [0.15, 0.2) is 23.2 Å². The molecule has 1 aliphatic heterocycles. The number of aromatic nitrogens is 4. The van der Waals surface area contributed by atoms with Crippen molar-refractivity contribution in [3.63, 3.8) is 0 Å². The summed E-state index contributed by atoms with van der Waals surface area (Å²) in [5.41, 5.74) is 0.397. The molecule has 2 fully saturated rings. The number of aliphatic hydroxyl groups is 2. The Hall–Kier alpha value is -1.41. The van der Waals surface area contributed by atoms with Crippen LogP contribution in [0, 0.1) is 0 Å². The molecule has 1 saturated carbocycles. The van der Waals surface area contributed by atoms with E-state index >= 15 is 0 Å². The fourth-order valence-electron chi connectivity index (χ4n) is 4.43. The number of halogens is 1. The van der Waals surface area contributed by atoms with E-state index in [-0.39, 0.29) is 23.1 Å². The van der Waals surface area contributed by atoms with E-state index in [9.17, 15) is 14.8 Å². The van der Waals surface area contributed by atoms with Crippen molar-refractivity contribution < 1.29 is 38.8 Å². The van der Waals surface area contributed by atoms with E-state index in [2.05, 4.69) is 20.3 Å². The summed E-state index contributed by atoms with van der Waals surface area (Å²) in [5, 5.41) is 24.3. The average molecular weight is 508 g/mol. The van der Waals surface area contributed by atoms with Gasteiger partial charge in [-0.15, -0.1) is 0 Å². The maximum atomic E-state index is 11.0. The van der Waals surface area contributed by atoms with Gasteiger partial charge in [0.25, 0.3) is 0 Å². The molecule has 1 saturated heterocycles. The van der Waals surface area contributed by atoms with Gasteiger partial charge in [0.05, 0.1) is 25.1 Å². The Morgan fingerprint density at radius 2 is 2.03 bits per heavy atom. The zero-order valence-electron chi connectivity index (χ0n) is 17.9. The van der Waals surface area contributed by atoms with E-state index in [1.165, 1.54) is 10.9 Å². The number of rotatable bonds is 9. The molecule has 0 unspecified atom stereocenters. The Bertz CT molecular complexity index is 1030. The molecular weight excluding hydrogens is 481 g/mol. The molecule has 13 nitrogen and oxygen atoms in total. The van der Waals surface area contributed by atoms with Gasteiger partial charge in [-0.3, -0.25) is 9.13 Å². The lowest BCUT2D eigenvalue weighted by Crippen LogP contribution is -2.40. The van der Waals surface area contributed by atoms with Gasteiger partial charge in [0.1, 0.15) is 24.7 Å². The van der Waals surface area contributed by atoms with Gasteiger partial charge in [-0.25, -0.2) is 4.98 Å². The molecule has 0 aromatic carbocycles. The van der Waals surface area contributed by atoms with Gasteiger partial charge in [-0.05, 0) is 24.4 Å². The number of methoxy groups -OCH3 is 1. The zero-order valence-corrected chi connectivity index (χ0v) is 19.5. The Balaban J connectivity index is 1.58. The van der Waals surface area contributed by atoms with Crippen LogP contribution in [0.4, 0.5) is 5.82 Å². The van der Waals surface area contributed by atoms with Crippen LogP contribution in [0.2, 0.25) is 5.28 Å². The van der Waals surface area contributed by atoms with Crippen LogP contribution >= 0.6 is 19.2 Å². The third kappa shape index (κ3) is 5.31. The molecular formula is C18H27ClN5O8P. The molecule has 33 heavy (non-hydrogen) atoms. The fourth-order valence-corrected chi connectivity index (χ4v) is 4.94. The molecule has 15 heteroatoms. The molecule has 4 atom stereocenters. The van der Waals surface area contributed by atoms with Crippen LogP contribution in [-0.2, 0) is 18.8 Å². The summed E-state index contributed by atoms with van der Waals surface area (Å²) in [7, 11) is -2.73. The predicted octanol–water partition coefficient (Wildman–Crippen LogP) is 0.622. The molecule has 3 heterocycles. The van der Waals surface area contributed by atoms with Crippen molar-refractivity contribution in [2.24, 2.45) is 0 Å². The summed E-state index contributed by atoms with van der Waals surface area (Å²) >= 11 is 6.19. The highest BCUT2D eigenvalue weighted by Gasteiger charge is 2.45. The van der Waals surface area contributed by atoms with Crippen molar-refractivity contribution in [2.45, 2.75) is 55.8 Å². The van der Waals surface area contributed by atoms with E-state index in [1.807, 2.05) is 0 Å². The number of hydrogen-bond acceptors (Lipinski definition) is 10. The minimum absolute atomic E-state index is 0.0353. The summed E-state index contributed by atoms with van der Waals surface area (Å²) in [4.78, 5) is 30.8. The lowest BCUT2D eigenvalue weighted by atomic mass is 9.99. The van der Waals surface area contributed by atoms with Crippen molar-refractivity contribution in [3.8, 4) is 0 Å². The third-order valence-electron chi connectivity index (χ3n) is 5.91. The summed E-state index contributed by atoms with van der Waals surface area (Å²) in [6.07, 6.45) is -0.341. The Labute approximate surface area is 194 Å². The number of nitrogens with zero attached hydrogens (tertiary/aromatic N) is 4. The lowest BCUT2D eigenvalue weighted by Gasteiger charge is -2.30. The van der Waals surface area contributed by atoms with Crippen LogP contribution < -0.4 is 5.32 Å². The van der Waals surface area contributed by atoms with Gasteiger partial charge < -0.3 is 39.5 Å². The third-order valence-corrected chi connectivity index (χ3v) is 6.60. The first-order valence-corrected chi connectivity index (χ1v) is 12.6. The number of imidazole rings is 1. The largest absolute Gasteiger partial charge is 0.387 e. The number of ether oxygens (including phenoxy) is 3. The number of aliphatic hydroxyl groups excluding tert-OH is 2. The van der Waals surface area contributed by atoms with Crippen LogP contribution in [0.25, 0.3) is 11.2 Å². The smallest absolute Gasteiger partial charge is 0.350 e. The molecule has 0 radical (unpaired) electrons. The highest BCUT2D eigenvalue weighted by molar-refractivity contribution is 7.51. The molecule has 2 aliphatic rings. The van der Waals surface area contributed by atoms with Crippen LogP contribution in [0.1, 0.15) is 31.9 Å². The van der Waals surface area contributed by atoms with Crippen LogP contribution in [-0.4, -0.2) is 90.0 Å². The van der Waals surface area contributed by atoms with Crippen molar-refractivity contribution in [3.05, 3.63) is 11.6 Å². The van der Waals surface area contributed by atoms with Crippen LogP contribution in [0.5, 0.6) is 0 Å². The second-order valence-electron chi connectivity index (χ2n) is 8.42. The van der Waals surface area contributed by atoms with E-state index < -0.39 is 38.5 Å². The number of anilines is 1. The van der Waals surface area contributed by atoms with Gasteiger partial charge in [-0.2, -0.15) is 9.97 Å². The van der Waals surface area contributed by atoms with Crippen LogP contribution in [0.15, 0.2) is 6.33 Å². The molecule has 184 valence electrons. The molecule has 5 N–H and O–H groups in total. The average Bonchev–Trinajstić information content (AvgIpc) is 3.42.